The lowest BCUT2D eigenvalue weighted by Gasteiger charge is -2.32. The molecule has 5 nitrogen and oxygen atoms in total. The number of anilines is 1. The summed E-state index contributed by atoms with van der Waals surface area (Å²) in [6.45, 7) is 2.58. The van der Waals surface area contributed by atoms with Crippen molar-refractivity contribution in [1.82, 2.24) is 14.8 Å². The largest absolute Gasteiger partial charge is 0.305 e. The van der Waals surface area contributed by atoms with Gasteiger partial charge in [-0.3, -0.25) is 14.5 Å². The lowest BCUT2D eigenvalue weighted by atomic mass is 10.0. The molecular weight excluding hydrogens is 431 g/mol. The van der Waals surface area contributed by atoms with E-state index in [1.54, 1.807) is 23.2 Å². The first kappa shape index (κ1) is 20.2. The third kappa shape index (κ3) is 3.52. The number of hydrogen-bond acceptors (Lipinski definition) is 3. The minimum Gasteiger partial charge on any atom is -0.305 e. The maximum Gasteiger partial charge on any atom is 0.277 e. The number of nitrogens with zero attached hydrogens (tertiary/aromatic N) is 4. The number of hydrogen-bond donors (Lipinski definition) is 0. The highest BCUT2D eigenvalue weighted by Gasteiger charge is 2.34. The fourth-order valence-corrected chi connectivity index (χ4v) is 4.06. The molecule has 5 rings (SSSR count). The van der Waals surface area contributed by atoms with Gasteiger partial charge >= 0.3 is 0 Å². The van der Waals surface area contributed by atoms with E-state index < -0.39 is 0 Å². The van der Waals surface area contributed by atoms with Gasteiger partial charge in [0.1, 0.15) is 5.69 Å². The molecule has 1 aromatic carbocycles. The maximum absolute atomic E-state index is 13.4. The van der Waals surface area contributed by atoms with Crippen LogP contribution in [0.4, 0.5) is 5.69 Å². The molecule has 2 aromatic heterocycles. The van der Waals surface area contributed by atoms with Crippen LogP contribution in [0.25, 0.3) is 11.1 Å². The quantitative estimate of drug-likeness (QED) is 0.510. The molecule has 3 heterocycles. The van der Waals surface area contributed by atoms with Gasteiger partial charge in [-0.2, -0.15) is 5.10 Å². The van der Waals surface area contributed by atoms with Crippen molar-refractivity contribution in [3.8, 4) is 11.1 Å². The van der Waals surface area contributed by atoms with E-state index in [0.717, 1.165) is 22.5 Å². The summed E-state index contributed by atoms with van der Waals surface area (Å²) in [5, 5.41) is 5.42. The Morgan fingerprint density at radius 3 is 2.62 bits per heavy atom. The molecule has 8 heteroatoms. The van der Waals surface area contributed by atoms with Crippen molar-refractivity contribution in [1.29, 1.82) is 0 Å². The molecule has 1 saturated carbocycles. The molecule has 0 N–H and O–H groups in total. The number of carbonyl (C=O) groups excluding carboxylic acids is 1. The Morgan fingerprint density at radius 1 is 1.10 bits per heavy atom. The zero-order chi connectivity index (χ0) is 19.4. The van der Waals surface area contributed by atoms with Crippen molar-refractivity contribution in [2.24, 2.45) is 0 Å². The van der Waals surface area contributed by atoms with Crippen molar-refractivity contribution < 1.29 is 4.79 Å². The molecule has 3 aromatic rings. The molecule has 29 heavy (non-hydrogen) atoms. The first-order valence-electron chi connectivity index (χ1n) is 9.33. The first-order chi connectivity index (χ1) is 13.5. The van der Waals surface area contributed by atoms with Crippen LogP contribution in [0.2, 0.25) is 10.0 Å². The second kappa shape index (κ2) is 7.63. The van der Waals surface area contributed by atoms with Crippen molar-refractivity contribution in [3.05, 3.63) is 64.2 Å². The highest BCUT2D eigenvalue weighted by atomic mass is 35.5. The van der Waals surface area contributed by atoms with Crippen LogP contribution in [-0.2, 0) is 0 Å². The van der Waals surface area contributed by atoms with E-state index >= 15 is 0 Å². The monoisotopic (exact) mass is 448 g/mol. The average Bonchev–Trinajstić information content (AvgIpc) is 3.45. The summed E-state index contributed by atoms with van der Waals surface area (Å²) in [6, 6.07) is 9.35. The van der Waals surface area contributed by atoms with Crippen molar-refractivity contribution in [2.45, 2.75) is 31.7 Å². The summed E-state index contributed by atoms with van der Waals surface area (Å²) in [5.74, 6) is 0.461. The number of rotatable bonds is 3. The van der Waals surface area contributed by atoms with Crippen LogP contribution in [0.15, 0.2) is 42.7 Å². The van der Waals surface area contributed by atoms with Crippen LogP contribution < -0.4 is 4.90 Å². The number of halogens is 3. The standard InChI is InChI=1S/C21H18Cl2N4O.ClH/c1-12-11-26(15-4-5-17(22)18(23)9-15)21(28)20-16(10-25-27(12)20)14-6-7-24-19(8-14)13-2-3-13;/h4-10,12-13H,2-3,11H2,1H3;1H/t12-;/m0./s1. The Balaban J connectivity index is 0.00000205. The van der Waals surface area contributed by atoms with Crippen molar-refractivity contribution >= 4 is 47.2 Å². The normalized spacial score (nSPS) is 18.4. The average molecular weight is 450 g/mol. The van der Waals surface area contributed by atoms with E-state index in [1.165, 1.54) is 12.8 Å². The summed E-state index contributed by atoms with van der Waals surface area (Å²) < 4.78 is 1.82. The van der Waals surface area contributed by atoms with Crippen LogP contribution in [0, 0.1) is 0 Å². The van der Waals surface area contributed by atoms with Gasteiger partial charge in [0.2, 0.25) is 0 Å². The van der Waals surface area contributed by atoms with Crippen LogP contribution in [0.5, 0.6) is 0 Å². The van der Waals surface area contributed by atoms with Gasteiger partial charge < -0.3 is 4.90 Å². The number of carbonyl (C=O) groups is 1. The van der Waals surface area contributed by atoms with Crippen LogP contribution in [0.1, 0.15) is 47.9 Å². The minimum absolute atomic E-state index is 0. The molecule has 0 unspecified atom stereocenters. The van der Waals surface area contributed by atoms with Crippen LogP contribution >= 0.6 is 35.6 Å². The number of aromatic nitrogens is 3. The first-order valence-corrected chi connectivity index (χ1v) is 10.1. The summed E-state index contributed by atoms with van der Waals surface area (Å²) >= 11 is 12.2. The van der Waals surface area contributed by atoms with Crippen LogP contribution in [-0.4, -0.2) is 27.2 Å². The van der Waals surface area contributed by atoms with E-state index in [-0.39, 0.29) is 24.4 Å². The Bertz CT molecular complexity index is 1090. The third-order valence-electron chi connectivity index (χ3n) is 5.41. The van der Waals surface area contributed by atoms with Crippen molar-refractivity contribution in [2.75, 3.05) is 11.4 Å². The molecule has 0 bridgehead atoms. The molecule has 0 radical (unpaired) electrons. The number of pyridine rings is 1. The fraction of sp³-hybridized carbons (Fsp3) is 0.286. The van der Waals surface area contributed by atoms with Gasteiger partial charge in [0.25, 0.3) is 5.91 Å². The SMILES string of the molecule is C[C@H]1CN(c2ccc(Cl)c(Cl)c2)C(=O)c2c(-c3ccnc(C4CC4)c3)cnn21.Cl. The minimum atomic E-state index is -0.0891. The molecule has 2 aliphatic rings. The lowest BCUT2D eigenvalue weighted by Crippen LogP contribution is -2.42. The lowest BCUT2D eigenvalue weighted by molar-refractivity contribution is 0.0954. The Hall–Kier alpha value is -2.08. The summed E-state index contributed by atoms with van der Waals surface area (Å²) in [4.78, 5) is 19.7. The molecule has 0 spiro atoms. The second-order valence-corrected chi connectivity index (χ2v) is 8.27. The zero-order valence-corrected chi connectivity index (χ0v) is 18.0. The van der Waals surface area contributed by atoms with Gasteiger partial charge in [0.15, 0.2) is 0 Å². The topological polar surface area (TPSA) is 51.0 Å². The number of fused-ring (bicyclic) bond motifs is 1. The molecule has 1 fully saturated rings. The third-order valence-corrected chi connectivity index (χ3v) is 6.15. The fourth-order valence-electron chi connectivity index (χ4n) is 3.77. The molecule has 0 saturated heterocycles. The van der Waals surface area contributed by atoms with Gasteiger partial charge in [0, 0.05) is 35.6 Å². The Morgan fingerprint density at radius 2 is 1.90 bits per heavy atom. The Kier molecular flexibility index (Phi) is 5.32. The van der Waals surface area contributed by atoms with Gasteiger partial charge in [-0.05, 0) is 55.7 Å². The van der Waals surface area contributed by atoms with E-state index in [9.17, 15) is 4.79 Å². The molecule has 1 amide bonds. The van der Waals surface area contributed by atoms with Gasteiger partial charge in [0.05, 0.1) is 22.3 Å². The highest BCUT2D eigenvalue weighted by Crippen LogP contribution is 2.41. The predicted octanol–water partition coefficient (Wildman–Crippen LogP) is 5.77. The summed E-state index contributed by atoms with van der Waals surface area (Å²) in [7, 11) is 0. The van der Waals surface area contributed by atoms with E-state index in [0.29, 0.717) is 28.2 Å². The molecule has 1 aliphatic carbocycles. The summed E-state index contributed by atoms with van der Waals surface area (Å²) in [6.07, 6.45) is 5.97. The predicted molar refractivity (Wildman–Crippen MR) is 118 cm³/mol. The maximum atomic E-state index is 13.4. The van der Waals surface area contributed by atoms with E-state index in [1.807, 2.05) is 23.0 Å². The van der Waals surface area contributed by atoms with Gasteiger partial charge in [-0.25, -0.2) is 0 Å². The second-order valence-electron chi connectivity index (χ2n) is 7.46. The highest BCUT2D eigenvalue weighted by molar-refractivity contribution is 6.42. The van der Waals surface area contributed by atoms with E-state index in [4.69, 9.17) is 23.2 Å². The van der Waals surface area contributed by atoms with Gasteiger partial charge in [-0.15, -0.1) is 12.4 Å². The van der Waals surface area contributed by atoms with Crippen molar-refractivity contribution in [3.63, 3.8) is 0 Å². The molecule has 150 valence electrons. The number of benzene rings is 1. The van der Waals surface area contributed by atoms with Gasteiger partial charge in [-0.1, -0.05) is 23.2 Å². The number of amides is 1. The molecule has 1 atom stereocenters. The Labute approximate surface area is 185 Å². The summed E-state index contributed by atoms with van der Waals surface area (Å²) in [5.41, 5.74) is 4.24. The van der Waals surface area contributed by atoms with E-state index in [2.05, 4.69) is 23.1 Å². The smallest absolute Gasteiger partial charge is 0.277 e. The van der Waals surface area contributed by atoms with Crippen LogP contribution in [0.3, 0.4) is 0 Å². The molecule has 1 aliphatic heterocycles. The zero-order valence-electron chi connectivity index (χ0n) is 15.7. The molecular formula is C21H19Cl3N4O.